The number of rotatable bonds is 2. The number of aliphatic carboxylic acids is 1. The van der Waals surface area contributed by atoms with Gasteiger partial charge in [0.1, 0.15) is 5.60 Å². The number of carbonyl (C=O) groups is 2. The molecular formula is C13H21NO5. The van der Waals surface area contributed by atoms with Gasteiger partial charge in [-0.05, 0) is 26.7 Å². The minimum atomic E-state index is -0.815. The first kappa shape index (κ1) is 14.1. The van der Waals surface area contributed by atoms with Crippen LogP contribution >= 0.6 is 0 Å². The molecule has 0 spiro atoms. The Bertz CT molecular complexity index is 376. The largest absolute Gasteiger partial charge is 0.481 e. The first-order valence-corrected chi connectivity index (χ1v) is 6.57. The van der Waals surface area contributed by atoms with Crippen LogP contribution in [0.3, 0.4) is 0 Å². The van der Waals surface area contributed by atoms with E-state index in [0.717, 1.165) is 0 Å². The van der Waals surface area contributed by atoms with Crippen LogP contribution in [0.1, 0.15) is 27.2 Å². The van der Waals surface area contributed by atoms with Crippen LogP contribution in [-0.4, -0.2) is 53.5 Å². The van der Waals surface area contributed by atoms with Crippen LogP contribution in [0.15, 0.2) is 0 Å². The summed E-state index contributed by atoms with van der Waals surface area (Å²) in [7, 11) is 0. The number of carboxylic acid groups (broad SMARTS) is 1. The first-order valence-electron chi connectivity index (χ1n) is 6.57. The molecule has 2 heterocycles. The monoisotopic (exact) mass is 271 g/mol. The second kappa shape index (κ2) is 5.00. The SMILES string of the molecule is CC(C)(C)OC(=O)N1C[C@@H]2[C@@H](CC(=O)O)CO[C@@H]2C1. The number of likely N-dealkylation sites (tertiary alicyclic amines) is 1. The van der Waals surface area contributed by atoms with Crippen molar-refractivity contribution >= 4 is 12.1 Å². The molecule has 2 aliphatic rings. The van der Waals surface area contributed by atoms with Crippen LogP contribution in [0.4, 0.5) is 4.79 Å². The number of carbonyl (C=O) groups excluding carboxylic acids is 1. The molecule has 1 N–H and O–H groups in total. The summed E-state index contributed by atoms with van der Waals surface area (Å²) in [6, 6.07) is 0. The molecule has 2 aliphatic heterocycles. The summed E-state index contributed by atoms with van der Waals surface area (Å²) in [6.45, 7) is 6.97. The Morgan fingerprint density at radius 1 is 1.37 bits per heavy atom. The molecule has 6 heteroatoms. The van der Waals surface area contributed by atoms with Crippen LogP contribution in [0.25, 0.3) is 0 Å². The lowest BCUT2D eigenvalue weighted by Gasteiger charge is -2.25. The maximum Gasteiger partial charge on any atom is 0.410 e. The average molecular weight is 271 g/mol. The summed E-state index contributed by atoms with van der Waals surface area (Å²) < 4.78 is 10.9. The Labute approximate surface area is 112 Å². The van der Waals surface area contributed by atoms with Gasteiger partial charge < -0.3 is 19.5 Å². The van der Waals surface area contributed by atoms with Crippen LogP contribution in [0, 0.1) is 11.8 Å². The molecule has 108 valence electrons. The number of ether oxygens (including phenoxy) is 2. The second-order valence-corrected chi connectivity index (χ2v) is 6.28. The number of hydrogen-bond acceptors (Lipinski definition) is 4. The van der Waals surface area contributed by atoms with E-state index >= 15 is 0 Å². The van der Waals surface area contributed by atoms with Gasteiger partial charge in [-0.1, -0.05) is 0 Å². The second-order valence-electron chi connectivity index (χ2n) is 6.28. The number of fused-ring (bicyclic) bond motifs is 1. The maximum absolute atomic E-state index is 12.0. The third-order valence-electron chi connectivity index (χ3n) is 3.53. The highest BCUT2D eigenvalue weighted by Crippen LogP contribution is 2.35. The van der Waals surface area contributed by atoms with E-state index in [1.54, 1.807) is 4.90 Å². The van der Waals surface area contributed by atoms with Gasteiger partial charge in [-0.25, -0.2) is 4.79 Å². The van der Waals surface area contributed by atoms with Gasteiger partial charge in [0.25, 0.3) is 0 Å². The minimum Gasteiger partial charge on any atom is -0.481 e. The molecular weight excluding hydrogens is 250 g/mol. The summed E-state index contributed by atoms with van der Waals surface area (Å²) in [6.07, 6.45) is -0.292. The lowest BCUT2D eigenvalue weighted by molar-refractivity contribution is -0.138. The van der Waals surface area contributed by atoms with Crippen LogP contribution in [0.5, 0.6) is 0 Å². The fourth-order valence-corrected chi connectivity index (χ4v) is 2.71. The van der Waals surface area contributed by atoms with Crippen molar-refractivity contribution in [1.29, 1.82) is 0 Å². The van der Waals surface area contributed by atoms with E-state index in [0.29, 0.717) is 19.7 Å². The highest BCUT2D eigenvalue weighted by atomic mass is 16.6. The summed E-state index contributed by atoms with van der Waals surface area (Å²) >= 11 is 0. The predicted octanol–water partition coefficient (Wildman–Crippen LogP) is 1.34. The van der Waals surface area contributed by atoms with Crippen molar-refractivity contribution in [1.82, 2.24) is 4.90 Å². The van der Waals surface area contributed by atoms with E-state index < -0.39 is 11.6 Å². The molecule has 3 atom stereocenters. The van der Waals surface area contributed by atoms with Crippen LogP contribution in [0.2, 0.25) is 0 Å². The van der Waals surface area contributed by atoms with E-state index in [4.69, 9.17) is 14.6 Å². The molecule has 2 rings (SSSR count). The van der Waals surface area contributed by atoms with E-state index in [1.165, 1.54) is 0 Å². The van der Waals surface area contributed by atoms with Crippen molar-refractivity contribution in [2.24, 2.45) is 11.8 Å². The molecule has 0 aromatic rings. The third kappa shape index (κ3) is 3.37. The Morgan fingerprint density at radius 2 is 2.05 bits per heavy atom. The van der Waals surface area contributed by atoms with E-state index in [1.807, 2.05) is 20.8 Å². The Hall–Kier alpha value is -1.30. The molecule has 2 fully saturated rings. The standard InChI is InChI=1S/C13H21NO5/c1-13(2,3)19-12(17)14-5-9-8(4-11(15)16)7-18-10(9)6-14/h8-10H,4-7H2,1-3H3,(H,15,16)/t8-,9+,10+/m0/s1. The zero-order chi connectivity index (χ0) is 14.2. The third-order valence-corrected chi connectivity index (χ3v) is 3.53. The zero-order valence-electron chi connectivity index (χ0n) is 11.6. The number of amides is 1. The van der Waals surface area contributed by atoms with Crippen molar-refractivity contribution in [3.63, 3.8) is 0 Å². The summed E-state index contributed by atoms with van der Waals surface area (Å²) in [4.78, 5) is 24.4. The number of hydrogen-bond donors (Lipinski definition) is 1. The van der Waals surface area contributed by atoms with Gasteiger partial charge >= 0.3 is 12.1 Å². The van der Waals surface area contributed by atoms with E-state index in [2.05, 4.69) is 0 Å². The van der Waals surface area contributed by atoms with Gasteiger partial charge in [0.15, 0.2) is 0 Å². The molecule has 0 aromatic heterocycles. The van der Waals surface area contributed by atoms with Crippen molar-refractivity contribution in [3.05, 3.63) is 0 Å². The van der Waals surface area contributed by atoms with Crippen LogP contribution in [-0.2, 0) is 14.3 Å². The van der Waals surface area contributed by atoms with Crippen molar-refractivity contribution in [2.45, 2.75) is 38.9 Å². The first-order chi connectivity index (χ1) is 8.76. The fraction of sp³-hybridized carbons (Fsp3) is 0.846. The number of carboxylic acids is 1. The molecule has 0 bridgehead atoms. The van der Waals surface area contributed by atoms with Gasteiger partial charge in [-0.15, -0.1) is 0 Å². The molecule has 0 aliphatic carbocycles. The van der Waals surface area contributed by atoms with E-state index in [9.17, 15) is 9.59 Å². The van der Waals surface area contributed by atoms with Gasteiger partial charge in [-0.3, -0.25) is 4.79 Å². The highest BCUT2D eigenvalue weighted by molar-refractivity contribution is 5.69. The molecule has 19 heavy (non-hydrogen) atoms. The average Bonchev–Trinajstić information content (AvgIpc) is 2.77. The molecule has 0 saturated carbocycles. The summed E-state index contributed by atoms with van der Waals surface area (Å²) in [5, 5.41) is 8.86. The fourth-order valence-electron chi connectivity index (χ4n) is 2.71. The van der Waals surface area contributed by atoms with Gasteiger partial charge in [0, 0.05) is 12.5 Å². The Kier molecular flexibility index (Phi) is 3.71. The molecule has 0 aromatic carbocycles. The smallest absolute Gasteiger partial charge is 0.410 e. The van der Waals surface area contributed by atoms with Gasteiger partial charge in [0.2, 0.25) is 0 Å². The van der Waals surface area contributed by atoms with Gasteiger partial charge in [0.05, 0.1) is 25.7 Å². The topological polar surface area (TPSA) is 76.1 Å². The Morgan fingerprint density at radius 3 is 2.63 bits per heavy atom. The van der Waals surface area contributed by atoms with E-state index in [-0.39, 0.29) is 30.5 Å². The minimum absolute atomic E-state index is 0.00469. The predicted molar refractivity (Wildman–Crippen MR) is 66.8 cm³/mol. The quantitative estimate of drug-likeness (QED) is 0.820. The van der Waals surface area contributed by atoms with Crippen molar-refractivity contribution in [2.75, 3.05) is 19.7 Å². The van der Waals surface area contributed by atoms with Crippen molar-refractivity contribution < 1.29 is 24.2 Å². The molecule has 6 nitrogen and oxygen atoms in total. The molecule has 0 unspecified atom stereocenters. The van der Waals surface area contributed by atoms with Crippen LogP contribution < -0.4 is 0 Å². The van der Waals surface area contributed by atoms with Crippen molar-refractivity contribution in [3.8, 4) is 0 Å². The lowest BCUT2D eigenvalue weighted by atomic mass is 9.90. The molecule has 1 amide bonds. The molecule has 2 saturated heterocycles. The molecule has 0 radical (unpaired) electrons. The normalized spacial score (nSPS) is 30.3. The Balaban J connectivity index is 1.93. The zero-order valence-corrected chi connectivity index (χ0v) is 11.6. The maximum atomic E-state index is 12.0. The van der Waals surface area contributed by atoms with Gasteiger partial charge in [-0.2, -0.15) is 0 Å². The lowest BCUT2D eigenvalue weighted by Crippen LogP contribution is -2.36. The summed E-state index contributed by atoms with van der Waals surface area (Å²) in [5.74, 6) is -0.705. The number of nitrogens with zero attached hydrogens (tertiary/aromatic N) is 1. The summed E-state index contributed by atoms with van der Waals surface area (Å²) in [5.41, 5.74) is -0.518. The highest BCUT2D eigenvalue weighted by Gasteiger charge is 2.46.